The van der Waals surface area contributed by atoms with Crippen molar-refractivity contribution >= 4 is 61.8 Å². The summed E-state index contributed by atoms with van der Waals surface area (Å²) < 4.78 is 2.53. The van der Waals surface area contributed by atoms with Crippen LogP contribution in [0.1, 0.15) is 5.56 Å². The van der Waals surface area contributed by atoms with Crippen LogP contribution in [0.3, 0.4) is 0 Å². The Morgan fingerprint density at radius 2 is 1.61 bits per heavy atom. The molecule has 1 aliphatic heterocycles. The molecule has 4 aromatic rings. The van der Waals surface area contributed by atoms with Gasteiger partial charge in [-0.3, -0.25) is 14.5 Å². The molecule has 3 aromatic carbocycles. The minimum atomic E-state index is -0.118. The third-order valence-corrected chi connectivity index (χ3v) is 6.88. The number of carbonyl (C=O) groups is 1. The Balaban J connectivity index is 1.58. The number of anilines is 1. The van der Waals surface area contributed by atoms with Crippen LogP contribution in [0, 0.1) is 0 Å². The number of hydrogen-bond acceptors (Lipinski definition) is 5. The molecule has 7 heteroatoms. The van der Waals surface area contributed by atoms with Crippen LogP contribution in [0.15, 0.2) is 93.6 Å². The van der Waals surface area contributed by atoms with E-state index in [4.69, 9.17) is 4.99 Å². The SMILES string of the molecule is Cn1c(=O)sc2cc(C=C3S/C(=N\c4ccccc4)N(c4ccccc4)C3=O)ccc21. The van der Waals surface area contributed by atoms with Crippen molar-refractivity contribution in [3.8, 4) is 0 Å². The number of hydrogen-bond donors (Lipinski definition) is 0. The summed E-state index contributed by atoms with van der Waals surface area (Å²) in [5.74, 6) is -0.118. The van der Waals surface area contributed by atoms with Gasteiger partial charge in [-0.25, -0.2) is 4.99 Å². The minimum absolute atomic E-state index is 0.00125. The van der Waals surface area contributed by atoms with Crippen LogP contribution in [-0.2, 0) is 11.8 Å². The quantitative estimate of drug-likeness (QED) is 0.398. The first-order valence-electron chi connectivity index (χ1n) is 9.62. The van der Waals surface area contributed by atoms with Crippen molar-refractivity contribution in [2.24, 2.45) is 12.0 Å². The molecule has 0 spiro atoms. The van der Waals surface area contributed by atoms with E-state index in [1.165, 1.54) is 23.1 Å². The third kappa shape index (κ3) is 3.73. The van der Waals surface area contributed by atoms with Gasteiger partial charge in [-0.2, -0.15) is 0 Å². The number of aryl methyl sites for hydroxylation is 1. The van der Waals surface area contributed by atoms with E-state index in [9.17, 15) is 9.59 Å². The number of para-hydroxylation sites is 2. The summed E-state index contributed by atoms with van der Waals surface area (Å²) in [6.07, 6.45) is 1.86. The first-order chi connectivity index (χ1) is 15.1. The molecule has 0 unspecified atom stereocenters. The molecular formula is C24H17N3O2S2. The molecule has 1 fully saturated rings. The van der Waals surface area contributed by atoms with Crippen LogP contribution in [-0.4, -0.2) is 15.6 Å². The van der Waals surface area contributed by atoms with Crippen molar-refractivity contribution in [3.05, 3.63) is 99.0 Å². The Labute approximate surface area is 187 Å². The molecule has 1 aromatic heterocycles. The molecular weight excluding hydrogens is 426 g/mol. The number of thiazole rings is 1. The highest BCUT2D eigenvalue weighted by atomic mass is 32.2. The molecule has 0 bridgehead atoms. The standard InChI is InChI=1S/C24H17N3O2S2/c1-26-19-13-12-16(14-20(19)31-24(26)29)15-21-22(28)27(18-10-6-3-7-11-18)23(30-21)25-17-8-4-2-5-9-17/h2-15H,1H3/b21-15?,25-23-. The molecule has 1 aliphatic rings. The first-order valence-corrected chi connectivity index (χ1v) is 11.3. The molecule has 152 valence electrons. The molecule has 0 N–H and O–H groups in total. The van der Waals surface area contributed by atoms with Crippen molar-refractivity contribution in [1.82, 2.24) is 4.57 Å². The second kappa shape index (κ2) is 8.02. The molecule has 0 atom stereocenters. The van der Waals surface area contributed by atoms with Crippen molar-refractivity contribution in [2.45, 2.75) is 0 Å². The lowest BCUT2D eigenvalue weighted by Crippen LogP contribution is -2.28. The Morgan fingerprint density at radius 1 is 0.903 bits per heavy atom. The van der Waals surface area contributed by atoms with Crippen molar-refractivity contribution in [1.29, 1.82) is 0 Å². The number of amidine groups is 1. The zero-order chi connectivity index (χ0) is 21.4. The van der Waals surface area contributed by atoms with Gasteiger partial charge < -0.3 is 4.57 Å². The van der Waals surface area contributed by atoms with E-state index >= 15 is 0 Å². The van der Waals surface area contributed by atoms with Gasteiger partial charge in [0.15, 0.2) is 5.17 Å². The number of thioether (sulfide) groups is 1. The first kappa shape index (κ1) is 19.5. The van der Waals surface area contributed by atoms with Gasteiger partial charge in [-0.1, -0.05) is 53.8 Å². The Kier molecular flexibility index (Phi) is 5.05. The van der Waals surface area contributed by atoms with E-state index < -0.39 is 0 Å². The summed E-state index contributed by atoms with van der Waals surface area (Å²) in [6.45, 7) is 0. The van der Waals surface area contributed by atoms with Gasteiger partial charge >= 0.3 is 4.87 Å². The lowest BCUT2D eigenvalue weighted by Gasteiger charge is -2.15. The maximum atomic E-state index is 13.3. The Hall–Kier alpha value is -3.42. The molecule has 5 rings (SSSR count). The number of aliphatic imine (C=N–C) groups is 1. The zero-order valence-corrected chi connectivity index (χ0v) is 18.2. The number of fused-ring (bicyclic) bond motifs is 1. The Morgan fingerprint density at radius 3 is 2.35 bits per heavy atom. The summed E-state index contributed by atoms with van der Waals surface area (Å²) in [4.78, 5) is 32.2. The van der Waals surface area contributed by atoms with E-state index in [0.717, 1.165) is 27.2 Å². The molecule has 31 heavy (non-hydrogen) atoms. The fraction of sp³-hybridized carbons (Fsp3) is 0.0417. The van der Waals surface area contributed by atoms with Gasteiger partial charge in [0.25, 0.3) is 5.91 Å². The van der Waals surface area contributed by atoms with Gasteiger partial charge in [0.05, 0.1) is 26.5 Å². The molecule has 1 amide bonds. The van der Waals surface area contributed by atoms with E-state index in [1.54, 1.807) is 16.5 Å². The summed E-state index contributed by atoms with van der Waals surface area (Å²) in [5, 5.41) is 0.610. The summed E-state index contributed by atoms with van der Waals surface area (Å²) >= 11 is 2.55. The topological polar surface area (TPSA) is 54.7 Å². The smallest absolute Gasteiger partial charge is 0.302 e. The van der Waals surface area contributed by atoms with Gasteiger partial charge in [-0.15, -0.1) is 0 Å². The van der Waals surface area contributed by atoms with Crippen LogP contribution in [0.2, 0.25) is 0 Å². The lowest BCUT2D eigenvalue weighted by molar-refractivity contribution is -0.113. The Bertz CT molecular complexity index is 1400. The predicted molar refractivity (Wildman–Crippen MR) is 130 cm³/mol. The van der Waals surface area contributed by atoms with Crippen LogP contribution in [0.4, 0.5) is 11.4 Å². The van der Waals surface area contributed by atoms with Crippen LogP contribution in [0.5, 0.6) is 0 Å². The maximum absolute atomic E-state index is 13.3. The fourth-order valence-electron chi connectivity index (χ4n) is 3.36. The monoisotopic (exact) mass is 443 g/mol. The third-order valence-electron chi connectivity index (χ3n) is 4.92. The maximum Gasteiger partial charge on any atom is 0.307 e. The van der Waals surface area contributed by atoms with E-state index in [1.807, 2.05) is 84.9 Å². The van der Waals surface area contributed by atoms with E-state index in [0.29, 0.717) is 10.1 Å². The number of aromatic nitrogens is 1. The molecule has 1 saturated heterocycles. The zero-order valence-electron chi connectivity index (χ0n) is 16.6. The highest BCUT2D eigenvalue weighted by Crippen LogP contribution is 2.37. The number of nitrogens with zero attached hydrogens (tertiary/aromatic N) is 3. The van der Waals surface area contributed by atoms with Gasteiger partial charge in [-0.05, 0) is 59.8 Å². The number of carbonyl (C=O) groups excluding carboxylic acids is 1. The van der Waals surface area contributed by atoms with Gasteiger partial charge in [0.1, 0.15) is 0 Å². The molecule has 0 saturated carbocycles. The normalized spacial score (nSPS) is 16.7. The van der Waals surface area contributed by atoms with Crippen molar-refractivity contribution < 1.29 is 4.79 Å². The van der Waals surface area contributed by atoms with E-state index in [2.05, 4.69) is 0 Å². The largest absolute Gasteiger partial charge is 0.307 e. The summed E-state index contributed by atoms with van der Waals surface area (Å²) in [5.41, 5.74) is 3.32. The average Bonchev–Trinajstić information content (AvgIpc) is 3.24. The number of benzene rings is 3. The lowest BCUT2D eigenvalue weighted by atomic mass is 10.2. The molecule has 5 nitrogen and oxygen atoms in total. The minimum Gasteiger partial charge on any atom is -0.302 e. The highest BCUT2D eigenvalue weighted by molar-refractivity contribution is 8.19. The molecule has 0 aliphatic carbocycles. The molecule has 0 radical (unpaired) electrons. The second-order valence-electron chi connectivity index (χ2n) is 6.97. The summed E-state index contributed by atoms with van der Waals surface area (Å²) in [6, 6.07) is 24.9. The number of rotatable bonds is 3. The van der Waals surface area contributed by atoms with Crippen LogP contribution < -0.4 is 9.77 Å². The van der Waals surface area contributed by atoms with Gasteiger partial charge in [0, 0.05) is 7.05 Å². The predicted octanol–water partition coefficient (Wildman–Crippen LogP) is 5.41. The highest BCUT2D eigenvalue weighted by Gasteiger charge is 2.34. The average molecular weight is 444 g/mol. The van der Waals surface area contributed by atoms with Crippen molar-refractivity contribution in [2.75, 3.05) is 4.90 Å². The van der Waals surface area contributed by atoms with E-state index in [-0.39, 0.29) is 10.8 Å². The second-order valence-corrected chi connectivity index (χ2v) is 8.97. The van der Waals surface area contributed by atoms with Crippen LogP contribution >= 0.6 is 23.1 Å². The van der Waals surface area contributed by atoms with Crippen molar-refractivity contribution in [3.63, 3.8) is 0 Å². The number of amides is 1. The molecule has 2 heterocycles. The summed E-state index contributed by atoms with van der Waals surface area (Å²) in [7, 11) is 1.76. The fourth-order valence-corrected chi connectivity index (χ4v) is 5.29. The van der Waals surface area contributed by atoms with Crippen LogP contribution in [0.25, 0.3) is 16.3 Å². The van der Waals surface area contributed by atoms with Gasteiger partial charge in [0.2, 0.25) is 0 Å².